The molecule has 0 bridgehead atoms. The van der Waals surface area contributed by atoms with Crippen LogP contribution in [0.2, 0.25) is 0 Å². The summed E-state index contributed by atoms with van der Waals surface area (Å²) in [7, 11) is 0. The minimum Gasteiger partial charge on any atom is -0.380 e. The van der Waals surface area contributed by atoms with Crippen molar-refractivity contribution in [2.45, 2.75) is 39.4 Å². The number of nitrogens with zero attached hydrogens (tertiary/aromatic N) is 6. The van der Waals surface area contributed by atoms with Crippen molar-refractivity contribution in [1.82, 2.24) is 25.2 Å². The number of hydrogen-bond acceptors (Lipinski definition) is 7. The van der Waals surface area contributed by atoms with Crippen molar-refractivity contribution in [1.29, 1.82) is 0 Å². The number of nitrogens with one attached hydrogen (secondary N) is 1. The molecule has 9 nitrogen and oxygen atoms in total. The standard InChI is InChI=1S/C36H30F3N7O2/c1-3-25-21-33(34(32(4-2)41-25)30-11-7-8-12-31(30)36(37,38)39)40-22-23-13-15-24(16-14-23)28-9-5-6-10-29(28)35-42-43-44-45(35)26-17-19-27(20-18-26)46(47)48/h5-21H,3-4,22H2,1-2H3,(H,40,41). The fourth-order valence-electron chi connectivity index (χ4n) is 5.65. The highest BCUT2D eigenvalue weighted by Gasteiger charge is 2.34. The molecule has 0 radical (unpaired) electrons. The molecule has 4 aromatic carbocycles. The highest BCUT2D eigenvalue weighted by molar-refractivity contribution is 5.83. The molecule has 0 atom stereocenters. The van der Waals surface area contributed by atoms with E-state index in [1.807, 2.05) is 68.4 Å². The predicted octanol–water partition coefficient (Wildman–Crippen LogP) is 8.72. The average Bonchev–Trinajstić information content (AvgIpc) is 3.60. The van der Waals surface area contributed by atoms with E-state index in [4.69, 9.17) is 0 Å². The van der Waals surface area contributed by atoms with Gasteiger partial charge in [-0.05, 0) is 69.8 Å². The lowest BCUT2D eigenvalue weighted by molar-refractivity contribution is -0.384. The summed E-state index contributed by atoms with van der Waals surface area (Å²) in [5, 5.41) is 26.8. The third-order valence-corrected chi connectivity index (χ3v) is 8.04. The molecule has 6 aromatic rings. The van der Waals surface area contributed by atoms with Gasteiger partial charge in [0.05, 0.1) is 21.9 Å². The van der Waals surface area contributed by atoms with Crippen molar-refractivity contribution in [2.24, 2.45) is 0 Å². The monoisotopic (exact) mass is 649 g/mol. The van der Waals surface area contributed by atoms with Gasteiger partial charge < -0.3 is 5.32 Å². The number of aryl methyl sites for hydroxylation is 2. The number of nitro benzene ring substituents is 1. The number of aromatic nitrogens is 5. The summed E-state index contributed by atoms with van der Waals surface area (Å²) in [6, 6.07) is 28.9. The number of halogens is 3. The Labute approximate surface area is 274 Å². The van der Waals surface area contributed by atoms with E-state index in [0.29, 0.717) is 47.8 Å². The van der Waals surface area contributed by atoms with Gasteiger partial charge in [-0.2, -0.15) is 17.9 Å². The molecule has 2 heterocycles. The molecule has 0 saturated heterocycles. The lowest BCUT2D eigenvalue weighted by atomic mass is 9.94. The van der Waals surface area contributed by atoms with E-state index in [0.717, 1.165) is 34.0 Å². The van der Waals surface area contributed by atoms with Gasteiger partial charge >= 0.3 is 6.18 Å². The molecular formula is C36H30F3N7O2. The number of rotatable bonds is 10. The number of hydrogen-bond donors (Lipinski definition) is 1. The number of alkyl halides is 3. The Kier molecular flexibility index (Phi) is 8.98. The maximum Gasteiger partial charge on any atom is 0.417 e. The first-order valence-electron chi connectivity index (χ1n) is 15.3. The molecule has 0 unspecified atom stereocenters. The van der Waals surface area contributed by atoms with Crippen molar-refractivity contribution in [3.05, 3.63) is 136 Å². The van der Waals surface area contributed by atoms with Crippen LogP contribution in [0.1, 0.15) is 36.4 Å². The second-order valence-corrected chi connectivity index (χ2v) is 11.0. The van der Waals surface area contributed by atoms with E-state index < -0.39 is 16.7 Å². The van der Waals surface area contributed by atoms with Crippen LogP contribution in [0.5, 0.6) is 0 Å². The molecule has 48 heavy (non-hydrogen) atoms. The van der Waals surface area contributed by atoms with Crippen LogP contribution in [0.4, 0.5) is 24.5 Å². The normalized spacial score (nSPS) is 11.4. The van der Waals surface area contributed by atoms with Crippen molar-refractivity contribution in [2.75, 3.05) is 5.32 Å². The minimum atomic E-state index is -4.51. The van der Waals surface area contributed by atoms with E-state index >= 15 is 0 Å². The molecule has 1 N–H and O–H groups in total. The zero-order valence-corrected chi connectivity index (χ0v) is 26.1. The topological polar surface area (TPSA) is 112 Å². The Balaban J connectivity index is 1.30. The van der Waals surface area contributed by atoms with E-state index in [2.05, 4.69) is 25.8 Å². The van der Waals surface area contributed by atoms with Crippen LogP contribution >= 0.6 is 0 Å². The SMILES string of the molecule is CCc1cc(NCc2ccc(-c3ccccc3-c3nnnn3-c3ccc([N+](=O)[O-])cc3)cc2)c(-c2ccccc2C(F)(F)F)c(CC)n1. The van der Waals surface area contributed by atoms with Crippen molar-refractivity contribution in [3.63, 3.8) is 0 Å². The second kappa shape index (κ2) is 13.4. The zero-order valence-electron chi connectivity index (χ0n) is 26.1. The van der Waals surface area contributed by atoms with E-state index in [1.54, 1.807) is 18.2 Å². The summed E-state index contributed by atoms with van der Waals surface area (Å²) < 4.78 is 43.7. The van der Waals surface area contributed by atoms with E-state index in [9.17, 15) is 23.3 Å². The van der Waals surface area contributed by atoms with Crippen LogP contribution in [0.3, 0.4) is 0 Å². The Morgan fingerprint density at radius 2 is 1.50 bits per heavy atom. The van der Waals surface area contributed by atoms with Crippen molar-refractivity contribution >= 4 is 11.4 Å². The molecule has 2 aromatic heterocycles. The molecule has 6 rings (SSSR count). The van der Waals surface area contributed by atoms with Gasteiger partial charge in [-0.3, -0.25) is 15.1 Å². The van der Waals surface area contributed by atoms with Gasteiger partial charge in [0.2, 0.25) is 0 Å². The van der Waals surface area contributed by atoms with E-state index in [1.165, 1.54) is 28.9 Å². The number of nitro groups is 1. The zero-order chi connectivity index (χ0) is 33.8. The highest BCUT2D eigenvalue weighted by atomic mass is 19.4. The summed E-state index contributed by atoms with van der Waals surface area (Å²) in [4.78, 5) is 15.3. The van der Waals surface area contributed by atoms with Gasteiger partial charge in [0.15, 0.2) is 5.82 Å². The van der Waals surface area contributed by atoms with Gasteiger partial charge in [0.25, 0.3) is 5.69 Å². The van der Waals surface area contributed by atoms with Gasteiger partial charge in [-0.15, -0.1) is 5.10 Å². The fourth-order valence-corrected chi connectivity index (χ4v) is 5.65. The molecule has 242 valence electrons. The van der Waals surface area contributed by atoms with Crippen LogP contribution in [0.25, 0.3) is 39.3 Å². The van der Waals surface area contributed by atoms with E-state index in [-0.39, 0.29) is 11.3 Å². The van der Waals surface area contributed by atoms with Gasteiger partial charge in [0.1, 0.15) is 0 Å². The van der Waals surface area contributed by atoms with Gasteiger partial charge in [0, 0.05) is 41.2 Å². The molecule has 12 heteroatoms. The Morgan fingerprint density at radius 1 is 0.833 bits per heavy atom. The first-order chi connectivity index (χ1) is 23.2. The number of anilines is 1. The summed E-state index contributed by atoms with van der Waals surface area (Å²) in [6.45, 7) is 4.24. The fraction of sp³-hybridized carbons (Fsp3) is 0.167. The predicted molar refractivity (Wildman–Crippen MR) is 177 cm³/mol. The maximum absolute atomic E-state index is 14.1. The first-order valence-corrected chi connectivity index (χ1v) is 15.3. The quantitative estimate of drug-likeness (QED) is 0.117. The lowest BCUT2D eigenvalue weighted by Crippen LogP contribution is -2.11. The van der Waals surface area contributed by atoms with Gasteiger partial charge in [-0.25, -0.2) is 0 Å². The number of non-ortho nitro benzene ring substituents is 1. The molecule has 0 aliphatic carbocycles. The van der Waals surface area contributed by atoms with Gasteiger partial charge in [-0.1, -0.05) is 80.6 Å². The maximum atomic E-state index is 14.1. The summed E-state index contributed by atoms with van der Waals surface area (Å²) in [5.74, 6) is 0.466. The second-order valence-electron chi connectivity index (χ2n) is 11.0. The molecule has 0 saturated carbocycles. The first kappa shape index (κ1) is 32.0. The summed E-state index contributed by atoms with van der Waals surface area (Å²) >= 11 is 0. The summed E-state index contributed by atoms with van der Waals surface area (Å²) in [5.41, 5.74) is 5.86. The Bertz CT molecular complexity index is 2080. The largest absolute Gasteiger partial charge is 0.417 e. The number of benzene rings is 4. The minimum absolute atomic E-state index is 0.0359. The lowest BCUT2D eigenvalue weighted by Gasteiger charge is -2.20. The third-order valence-electron chi connectivity index (χ3n) is 8.04. The van der Waals surface area contributed by atoms with Crippen LogP contribution in [-0.4, -0.2) is 30.1 Å². The molecule has 0 amide bonds. The number of tetrazole rings is 1. The number of pyridine rings is 1. The van der Waals surface area contributed by atoms with Crippen LogP contribution in [-0.2, 0) is 25.6 Å². The molecular weight excluding hydrogens is 619 g/mol. The van der Waals surface area contributed by atoms with Crippen LogP contribution in [0, 0.1) is 10.1 Å². The summed E-state index contributed by atoms with van der Waals surface area (Å²) in [6.07, 6.45) is -3.39. The Morgan fingerprint density at radius 3 is 2.15 bits per heavy atom. The highest BCUT2D eigenvalue weighted by Crippen LogP contribution is 2.41. The van der Waals surface area contributed by atoms with Crippen LogP contribution in [0.15, 0.2) is 103 Å². The average molecular weight is 650 g/mol. The molecule has 0 spiro atoms. The third kappa shape index (κ3) is 6.50. The molecule has 0 fully saturated rings. The molecule has 0 aliphatic rings. The van der Waals surface area contributed by atoms with Crippen molar-refractivity contribution in [3.8, 4) is 39.3 Å². The molecule has 0 aliphatic heterocycles. The smallest absolute Gasteiger partial charge is 0.380 e. The Hall–Kier alpha value is -5.91. The van der Waals surface area contributed by atoms with Crippen molar-refractivity contribution < 1.29 is 18.1 Å². The van der Waals surface area contributed by atoms with Crippen LogP contribution < -0.4 is 5.32 Å².